The number of hydrogen-bond donors (Lipinski definition) is 0. The van der Waals surface area contributed by atoms with Gasteiger partial charge < -0.3 is 9.26 Å². The van der Waals surface area contributed by atoms with Crippen LogP contribution in [-0.4, -0.2) is 40.1 Å². The van der Waals surface area contributed by atoms with E-state index in [4.69, 9.17) is 9.26 Å². The van der Waals surface area contributed by atoms with Crippen LogP contribution in [-0.2, 0) is 16.0 Å². The number of carbonyl (C=O) groups is 1. The molecule has 0 radical (unpaired) electrons. The van der Waals surface area contributed by atoms with Crippen molar-refractivity contribution in [2.75, 3.05) is 13.1 Å². The summed E-state index contributed by atoms with van der Waals surface area (Å²) in [7, 11) is 0. The minimum absolute atomic E-state index is 0.0914. The van der Waals surface area contributed by atoms with Crippen LogP contribution >= 0.6 is 0 Å². The summed E-state index contributed by atoms with van der Waals surface area (Å²) < 4.78 is 11.5. The molecular weight excluding hydrogens is 390 g/mol. The van der Waals surface area contributed by atoms with Crippen molar-refractivity contribution in [2.24, 2.45) is 11.8 Å². The summed E-state index contributed by atoms with van der Waals surface area (Å²) in [6.45, 7) is 6.30. The second kappa shape index (κ2) is 8.42. The number of nitrogens with zero attached hydrogens (tertiary/aromatic N) is 3. The lowest BCUT2D eigenvalue weighted by molar-refractivity contribution is -0.157. The number of carbonyl (C=O) groups excluding carboxylic acids is 1. The summed E-state index contributed by atoms with van der Waals surface area (Å²) in [4.78, 5) is 20.0. The Bertz CT molecular complexity index is 1070. The molecule has 0 amide bonds. The van der Waals surface area contributed by atoms with Crippen LogP contribution in [0.3, 0.4) is 0 Å². The second-order valence-electron chi connectivity index (χ2n) is 8.95. The fraction of sp³-hybridized carbons (Fsp3) is 0.480. The molecule has 31 heavy (non-hydrogen) atoms. The lowest BCUT2D eigenvalue weighted by Gasteiger charge is -2.51. The van der Waals surface area contributed by atoms with E-state index >= 15 is 0 Å². The van der Waals surface area contributed by atoms with Crippen LogP contribution in [0, 0.1) is 18.8 Å². The van der Waals surface area contributed by atoms with Gasteiger partial charge >= 0.3 is 5.97 Å². The van der Waals surface area contributed by atoms with E-state index < -0.39 is 0 Å². The molecule has 6 rings (SSSR count). The van der Waals surface area contributed by atoms with Gasteiger partial charge in [-0.25, -0.2) is 0 Å². The van der Waals surface area contributed by atoms with E-state index in [9.17, 15) is 4.79 Å². The van der Waals surface area contributed by atoms with E-state index in [0.29, 0.717) is 11.7 Å². The number of rotatable bonds is 6. The Labute approximate surface area is 182 Å². The molecule has 0 saturated carbocycles. The maximum Gasteiger partial charge on any atom is 0.314 e. The van der Waals surface area contributed by atoms with Crippen LogP contribution in [0.25, 0.3) is 10.9 Å². The second-order valence-corrected chi connectivity index (χ2v) is 8.95. The van der Waals surface area contributed by atoms with E-state index in [2.05, 4.69) is 28.0 Å². The van der Waals surface area contributed by atoms with Crippen LogP contribution in [0.5, 0.6) is 0 Å². The number of ether oxygens (including phenoxy) is 1. The van der Waals surface area contributed by atoms with Gasteiger partial charge in [0.2, 0.25) is 0 Å². The van der Waals surface area contributed by atoms with Crippen molar-refractivity contribution in [1.29, 1.82) is 0 Å². The molecule has 5 heterocycles. The SMILES string of the molecule is CC[C@H]1CN2CC[C@H]1C[C@@H]2[C@@H](OC(=O)Cc1cc(C)no1)c1ccnc2ccccc12. The molecule has 2 aromatic heterocycles. The number of aryl methyl sites for hydroxylation is 1. The van der Waals surface area contributed by atoms with Crippen molar-refractivity contribution >= 4 is 16.9 Å². The van der Waals surface area contributed by atoms with Gasteiger partial charge in [-0.3, -0.25) is 14.7 Å². The van der Waals surface area contributed by atoms with Crippen molar-refractivity contribution in [3.05, 3.63) is 59.6 Å². The Morgan fingerprint density at radius 2 is 2.19 bits per heavy atom. The van der Waals surface area contributed by atoms with E-state index in [0.717, 1.165) is 47.6 Å². The fourth-order valence-electron chi connectivity index (χ4n) is 5.50. The quantitative estimate of drug-likeness (QED) is 0.549. The highest BCUT2D eigenvalue weighted by molar-refractivity contribution is 5.83. The van der Waals surface area contributed by atoms with Crippen LogP contribution in [0.4, 0.5) is 0 Å². The Kier molecular flexibility index (Phi) is 5.48. The molecule has 162 valence electrons. The zero-order chi connectivity index (χ0) is 21.4. The molecule has 6 heteroatoms. The summed E-state index contributed by atoms with van der Waals surface area (Å²) in [5.74, 6) is 1.70. The molecule has 2 bridgehead atoms. The number of hydrogen-bond acceptors (Lipinski definition) is 6. The number of piperidine rings is 3. The van der Waals surface area contributed by atoms with Crippen molar-refractivity contribution in [3.63, 3.8) is 0 Å². The topological polar surface area (TPSA) is 68.5 Å². The first-order chi connectivity index (χ1) is 15.1. The predicted molar refractivity (Wildman–Crippen MR) is 117 cm³/mol. The summed E-state index contributed by atoms with van der Waals surface area (Å²) in [6.07, 6.45) is 5.10. The predicted octanol–water partition coefficient (Wildman–Crippen LogP) is 4.48. The summed E-state index contributed by atoms with van der Waals surface area (Å²) in [6, 6.07) is 12.1. The van der Waals surface area contributed by atoms with Crippen molar-refractivity contribution in [3.8, 4) is 0 Å². The molecule has 3 fully saturated rings. The molecule has 0 spiro atoms. The van der Waals surface area contributed by atoms with E-state index in [1.54, 1.807) is 6.07 Å². The van der Waals surface area contributed by atoms with Crippen molar-refractivity contribution < 1.29 is 14.1 Å². The van der Waals surface area contributed by atoms with Crippen LogP contribution < -0.4 is 0 Å². The normalized spacial score (nSPS) is 26.1. The zero-order valence-electron chi connectivity index (χ0n) is 18.2. The standard InChI is InChI=1S/C25H29N3O3/c1-3-17-15-28-11-9-18(17)13-23(28)25(30-24(29)14-19-12-16(2)27-31-19)21-8-10-26-22-7-5-4-6-20(21)22/h4-8,10,12,17-18,23,25H,3,9,11,13-15H2,1-2H3/t17-,18-,23+,25-/m0/s1. The molecule has 0 aliphatic carbocycles. The van der Waals surface area contributed by atoms with Crippen molar-refractivity contribution in [1.82, 2.24) is 15.0 Å². The third-order valence-corrected chi connectivity index (χ3v) is 7.05. The molecule has 6 nitrogen and oxygen atoms in total. The molecule has 3 aliphatic heterocycles. The first kappa shape index (κ1) is 20.2. The Hall–Kier alpha value is -2.73. The molecule has 3 aromatic rings. The fourth-order valence-corrected chi connectivity index (χ4v) is 5.50. The third kappa shape index (κ3) is 3.97. The highest BCUT2D eigenvalue weighted by atomic mass is 16.5. The molecule has 5 atom stereocenters. The monoisotopic (exact) mass is 419 g/mol. The lowest BCUT2D eigenvalue weighted by Crippen LogP contribution is -2.55. The Morgan fingerprint density at radius 1 is 1.32 bits per heavy atom. The maximum atomic E-state index is 13.0. The van der Waals surface area contributed by atoms with Gasteiger partial charge in [0.05, 0.1) is 17.3 Å². The van der Waals surface area contributed by atoms with Gasteiger partial charge in [0.25, 0.3) is 0 Å². The van der Waals surface area contributed by atoms with Gasteiger partial charge in [0, 0.05) is 29.8 Å². The van der Waals surface area contributed by atoms with Crippen LogP contribution in [0.1, 0.15) is 49.3 Å². The number of para-hydroxylation sites is 1. The molecule has 1 unspecified atom stereocenters. The average Bonchev–Trinajstić information content (AvgIpc) is 3.21. The first-order valence-corrected chi connectivity index (χ1v) is 11.3. The minimum atomic E-state index is -0.329. The number of esters is 1. The molecule has 3 aliphatic rings. The zero-order valence-corrected chi connectivity index (χ0v) is 18.2. The Balaban J connectivity index is 1.47. The lowest BCUT2D eigenvalue weighted by atomic mass is 9.72. The average molecular weight is 420 g/mol. The smallest absolute Gasteiger partial charge is 0.314 e. The van der Waals surface area contributed by atoms with Gasteiger partial charge in [0.1, 0.15) is 18.3 Å². The van der Waals surface area contributed by atoms with Gasteiger partial charge in [-0.15, -0.1) is 0 Å². The molecule has 1 aromatic carbocycles. The van der Waals surface area contributed by atoms with Gasteiger partial charge in [-0.2, -0.15) is 0 Å². The molecule has 3 saturated heterocycles. The van der Waals surface area contributed by atoms with Gasteiger partial charge in [0.15, 0.2) is 0 Å². The highest BCUT2D eigenvalue weighted by Gasteiger charge is 2.44. The largest absolute Gasteiger partial charge is 0.455 e. The van der Waals surface area contributed by atoms with Crippen LogP contribution in [0.2, 0.25) is 0 Å². The van der Waals surface area contributed by atoms with Gasteiger partial charge in [-0.1, -0.05) is 36.7 Å². The highest BCUT2D eigenvalue weighted by Crippen LogP contribution is 2.44. The molecule has 0 N–H and O–H groups in total. The van der Waals surface area contributed by atoms with E-state index in [1.165, 1.54) is 12.8 Å². The third-order valence-electron chi connectivity index (χ3n) is 7.05. The first-order valence-electron chi connectivity index (χ1n) is 11.3. The van der Waals surface area contributed by atoms with Crippen molar-refractivity contribution in [2.45, 2.75) is 51.7 Å². The Morgan fingerprint density at radius 3 is 2.94 bits per heavy atom. The number of benzene rings is 1. The number of pyridine rings is 1. The van der Waals surface area contributed by atoms with Gasteiger partial charge in [-0.05, 0) is 50.3 Å². The minimum Gasteiger partial charge on any atom is -0.455 e. The van der Waals surface area contributed by atoms with Crippen LogP contribution in [0.15, 0.2) is 47.1 Å². The number of fused-ring (bicyclic) bond motifs is 4. The summed E-state index contributed by atoms with van der Waals surface area (Å²) in [5, 5.41) is 4.94. The van der Waals surface area contributed by atoms with E-state index in [1.807, 2.05) is 37.4 Å². The summed E-state index contributed by atoms with van der Waals surface area (Å²) >= 11 is 0. The van der Waals surface area contributed by atoms with E-state index in [-0.39, 0.29) is 24.5 Å². The summed E-state index contributed by atoms with van der Waals surface area (Å²) in [5.41, 5.74) is 2.73. The molecular formula is C25H29N3O3. The number of aromatic nitrogens is 2. The maximum absolute atomic E-state index is 13.0.